The fraction of sp³-hybridized carbons (Fsp3) is 0.385. The summed E-state index contributed by atoms with van der Waals surface area (Å²) in [5, 5.41) is 2.98. The van der Waals surface area contributed by atoms with Crippen LogP contribution in [0.2, 0.25) is 0 Å². The summed E-state index contributed by atoms with van der Waals surface area (Å²) < 4.78 is 75.4. The molecule has 4 atom stereocenters. The molecule has 10 nitrogen and oxygen atoms in total. The molecule has 206 valence electrons. The SMILES string of the molecule is COC1=C(C2=NS(=O)(=O)c3cc(NS(C)(=O)=O)ccc3N2)C(=O)N(Cc2ccc(F)cc2)C2C3CCC(C3)C12. The number of anilines is 2. The molecule has 2 aliphatic heterocycles. The molecule has 2 aromatic carbocycles. The van der Waals surface area contributed by atoms with Gasteiger partial charge >= 0.3 is 0 Å². The number of amidine groups is 1. The fourth-order valence-corrected chi connectivity index (χ4v) is 8.30. The van der Waals surface area contributed by atoms with Gasteiger partial charge in [0.2, 0.25) is 10.0 Å². The number of nitrogens with one attached hydrogen (secondary N) is 2. The summed E-state index contributed by atoms with van der Waals surface area (Å²) in [7, 11) is -6.45. The summed E-state index contributed by atoms with van der Waals surface area (Å²) in [5.41, 5.74) is 1.05. The number of methoxy groups -OCH3 is 1. The molecule has 0 radical (unpaired) electrons. The Hall–Kier alpha value is -3.45. The fourth-order valence-electron chi connectivity index (χ4n) is 6.59. The predicted octanol–water partition coefficient (Wildman–Crippen LogP) is 3.07. The first-order chi connectivity index (χ1) is 18.4. The highest BCUT2D eigenvalue weighted by Gasteiger charge is 2.57. The van der Waals surface area contributed by atoms with Gasteiger partial charge < -0.3 is 15.0 Å². The summed E-state index contributed by atoms with van der Waals surface area (Å²) in [6, 6.07) is 9.89. The Labute approximate surface area is 226 Å². The molecule has 2 bridgehead atoms. The molecule has 2 aromatic rings. The molecule has 4 unspecified atom stereocenters. The number of hydrogen-bond donors (Lipinski definition) is 2. The number of rotatable bonds is 6. The van der Waals surface area contributed by atoms with E-state index < -0.39 is 26.0 Å². The Morgan fingerprint density at radius 3 is 2.56 bits per heavy atom. The van der Waals surface area contributed by atoms with Crippen molar-refractivity contribution in [1.82, 2.24) is 4.90 Å². The van der Waals surface area contributed by atoms with Crippen LogP contribution in [0.3, 0.4) is 0 Å². The molecule has 0 aromatic heterocycles. The lowest BCUT2D eigenvalue weighted by atomic mass is 9.77. The normalized spacial score (nSPS) is 27.0. The minimum atomic E-state index is -4.30. The first-order valence-corrected chi connectivity index (χ1v) is 15.9. The van der Waals surface area contributed by atoms with Crippen LogP contribution in [0.4, 0.5) is 15.8 Å². The van der Waals surface area contributed by atoms with Crippen LogP contribution in [-0.4, -0.2) is 52.9 Å². The Morgan fingerprint density at radius 2 is 1.87 bits per heavy atom. The monoisotopic (exact) mass is 574 g/mol. The zero-order chi connectivity index (χ0) is 27.7. The number of hydrogen-bond acceptors (Lipinski definition) is 7. The van der Waals surface area contributed by atoms with Gasteiger partial charge in [-0.15, -0.1) is 4.40 Å². The van der Waals surface area contributed by atoms with E-state index >= 15 is 0 Å². The van der Waals surface area contributed by atoms with E-state index in [1.807, 2.05) is 0 Å². The molecule has 6 rings (SSSR count). The molecule has 0 spiro atoms. The predicted molar refractivity (Wildman–Crippen MR) is 142 cm³/mol. The van der Waals surface area contributed by atoms with Crippen molar-refractivity contribution in [2.24, 2.45) is 22.2 Å². The van der Waals surface area contributed by atoms with Gasteiger partial charge in [0, 0.05) is 24.2 Å². The topological polar surface area (TPSA) is 134 Å². The molecule has 2 saturated carbocycles. The number of nitrogens with zero attached hydrogens (tertiary/aromatic N) is 2. The third kappa shape index (κ3) is 4.46. The van der Waals surface area contributed by atoms with Gasteiger partial charge in [0.25, 0.3) is 15.9 Å². The van der Waals surface area contributed by atoms with Gasteiger partial charge in [0.15, 0.2) is 5.84 Å². The van der Waals surface area contributed by atoms with Gasteiger partial charge in [-0.2, -0.15) is 8.42 Å². The number of fused-ring (bicyclic) bond motifs is 6. The van der Waals surface area contributed by atoms with Gasteiger partial charge in [0.05, 0.1) is 19.1 Å². The van der Waals surface area contributed by atoms with Crippen LogP contribution < -0.4 is 10.0 Å². The van der Waals surface area contributed by atoms with E-state index in [1.165, 1.54) is 37.4 Å². The minimum absolute atomic E-state index is 0.0565. The smallest absolute Gasteiger partial charge is 0.286 e. The zero-order valence-corrected chi connectivity index (χ0v) is 22.9. The van der Waals surface area contributed by atoms with Gasteiger partial charge in [0.1, 0.15) is 22.0 Å². The second kappa shape index (κ2) is 9.05. The third-order valence-electron chi connectivity index (χ3n) is 8.01. The first-order valence-electron chi connectivity index (χ1n) is 12.5. The summed E-state index contributed by atoms with van der Waals surface area (Å²) in [6.45, 7) is 0.237. The van der Waals surface area contributed by atoms with Crippen molar-refractivity contribution < 1.29 is 30.8 Å². The van der Waals surface area contributed by atoms with Gasteiger partial charge in [-0.3, -0.25) is 9.52 Å². The van der Waals surface area contributed by atoms with E-state index in [0.29, 0.717) is 11.7 Å². The molecule has 2 fully saturated rings. The van der Waals surface area contributed by atoms with Crippen LogP contribution in [0.1, 0.15) is 24.8 Å². The van der Waals surface area contributed by atoms with Gasteiger partial charge in [-0.1, -0.05) is 12.1 Å². The number of amides is 1. The second-order valence-electron chi connectivity index (χ2n) is 10.5. The van der Waals surface area contributed by atoms with Gasteiger partial charge in [-0.25, -0.2) is 12.8 Å². The molecule has 39 heavy (non-hydrogen) atoms. The Balaban J connectivity index is 1.43. The lowest BCUT2D eigenvalue weighted by Crippen LogP contribution is -2.54. The van der Waals surface area contributed by atoms with Crippen molar-refractivity contribution >= 4 is 43.2 Å². The van der Waals surface area contributed by atoms with E-state index in [4.69, 9.17) is 4.74 Å². The number of benzene rings is 2. The standard InChI is InChI=1S/C26H27FN4O6S2/c1-37-24-21-15-5-6-16(11-15)23(21)31(13-14-3-7-17(27)8-4-14)26(32)22(24)25-28-19-10-9-18(29-38(2,33)34)12-20(19)39(35,36)30-25/h3-4,7-10,12,15-16,21,23,29H,5-6,11,13H2,1-2H3,(H,28,30). The molecular formula is C26H27FN4O6S2. The summed E-state index contributed by atoms with van der Waals surface area (Å²) in [6.07, 6.45) is 3.89. The number of sulfonamides is 2. The molecule has 2 heterocycles. The number of carbonyl (C=O) groups is 1. The molecule has 13 heteroatoms. The maximum absolute atomic E-state index is 14.1. The second-order valence-corrected chi connectivity index (χ2v) is 13.8. The van der Waals surface area contributed by atoms with Crippen LogP contribution >= 0.6 is 0 Å². The van der Waals surface area contributed by atoms with Crippen molar-refractivity contribution in [2.75, 3.05) is 23.4 Å². The van der Waals surface area contributed by atoms with E-state index in [2.05, 4.69) is 14.4 Å². The maximum Gasteiger partial charge on any atom is 0.286 e. The van der Waals surface area contributed by atoms with Crippen LogP contribution in [0.5, 0.6) is 0 Å². The average molecular weight is 575 g/mol. The van der Waals surface area contributed by atoms with Crippen LogP contribution in [-0.2, 0) is 36.1 Å². The molecule has 1 amide bonds. The zero-order valence-electron chi connectivity index (χ0n) is 21.2. The van der Waals surface area contributed by atoms with Crippen LogP contribution in [0, 0.1) is 23.6 Å². The number of carbonyl (C=O) groups excluding carboxylic acids is 1. The molecule has 4 aliphatic rings. The third-order valence-corrected chi connectivity index (χ3v) is 9.93. The highest BCUT2D eigenvalue weighted by atomic mass is 32.2. The molecule has 0 saturated heterocycles. The lowest BCUT2D eigenvalue weighted by Gasteiger charge is -2.45. The van der Waals surface area contributed by atoms with Crippen molar-refractivity contribution in [3.05, 3.63) is 65.2 Å². The summed E-state index contributed by atoms with van der Waals surface area (Å²) in [4.78, 5) is 15.7. The highest BCUT2D eigenvalue weighted by Crippen LogP contribution is 2.56. The highest BCUT2D eigenvalue weighted by molar-refractivity contribution is 7.92. The van der Waals surface area contributed by atoms with Crippen molar-refractivity contribution in [3.8, 4) is 0 Å². The summed E-state index contributed by atoms with van der Waals surface area (Å²) in [5.74, 6) is -0.0363. The maximum atomic E-state index is 14.1. The van der Waals surface area contributed by atoms with E-state index in [1.54, 1.807) is 17.0 Å². The van der Waals surface area contributed by atoms with Crippen LogP contribution in [0.25, 0.3) is 0 Å². The lowest BCUT2D eigenvalue weighted by molar-refractivity contribution is -0.134. The Morgan fingerprint density at radius 1 is 1.15 bits per heavy atom. The quantitative estimate of drug-likeness (QED) is 0.542. The molecule has 2 aliphatic carbocycles. The van der Waals surface area contributed by atoms with Crippen molar-refractivity contribution in [3.63, 3.8) is 0 Å². The number of ether oxygens (including phenoxy) is 1. The van der Waals surface area contributed by atoms with Gasteiger partial charge in [-0.05, 0) is 67.0 Å². The first kappa shape index (κ1) is 25.8. The Kier molecular flexibility index (Phi) is 5.99. The minimum Gasteiger partial charge on any atom is -0.500 e. The van der Waals surface area contributed by atoms with E-state index in [0.717, 1.165) is 31.1 Å². The largest absolute Gasteiger partial charge is 0.500 e. The molecular weight excluding hydrogens is 547 g/mol. The Bertz CT molecular complexity index is 1650. The van der Waals surface area contributed by atoms with E-state index in [9.17, 15) is 26.0 Å². The summed E-state index contributed by atoms with van der Waals surface area (Å²) >= 11 is 0. The molecule has 2 N–H and O–H groups in total. The number of halogens is 1. The van der Waals surface area contributed by atoms with Crippen molar-refractivity contribution in [2.45, 2.75) is 36.7 Å². The van der Waals surface area contributed by atoms with Crippen LogP contribution in [0.15, 0.2) is 63.1 Å². The van der Waals surface area contributed by atoms with Crippen molar-refractivity contribution in [1.29, 1.82) is 0 Å². The average Bonchev–Trinajstić information content (AvgIpc) is 3.48. The van der Waals surface area contributed by atoms with E-state index in [-0.39, 0.29) is 57.9 Å².